The molecular formula is C25H33ClN6O2S. The van der Waals surface area contributed by atoms with Crippen molar-refractivity contribution in [2.24, 2.45) is 0 Å². The number of aromatic nitrogens is 2. The maximum atomic E-state index is 12.9. The Morgan fingerprint density at radius 2 is 1.71 bits per heavy atom. The lowest BCUT2D eigenvalue weighted by Gasteiger charge is -2.33. The summed E-state index contributed by atoms with van der Waals surface area (Å²) in [5, 5.41) is 5.09. The van der Waals surface area contributed by atoms with Crippen LogP contribution in [-0.2, 0) is 22.3 Å². The molecule has 4 rings (SSSR count). The van der Waals surface area contributed by atoms with Crippen LogP contribution in [0, 0.1) is 0 Å². The van der Waals surface area contributed by atoms with E-state index in [4.69, 9.17) is 21.6 Å². The van der Waals surface area contributed by atoms with Crippen molar-refractivity contribution < 1.29 is 8.42 Å². The number of hydrogen-bond acceptors (Lipinski definition) is 7. The highest BCUT2D eigenvalue weighted by Crippen LogP contribution is 2.22. The van der Waals surface area contributed by atoms with E-state index in [-0.39, 0.29) is 5.75 Å². The molecule has 1 N–H and O–H groups in total. The van der Waals surface area contributed by atoms with Gasteiger partial charge in [-0.25, -0.2) is 18.4 Å². The number of hydrogen-bond donors (Lipinski definition) is 1. The zero-order chi connectivity index (χ0) is 24.8. The molecule has 1 aromatic heterocycles. The van der Waals surface area contributed by atoms with Crippen molar-refractivity contribution in [2.45, 2.75) is 18.7 Å². The Bertz CT molecular complexity index is 1230. The minimum atomic E-state index is -3.38. The van der Waals surface area contributed by atoms with Crippen molar-refractivity contribution in [1.82, 2.24) is 24.1 Å². The number of fused-ring (bicyclic) bond motifs is 1. The summed E-state index contributed by atoms with van der Waals surface area (Å²) in [4.78, 5) is 14.0. The van der Waals surface area contributed by atoms with Gasteiger partial charge >= 0.3 is 0 Å². The van der Waals surface area contributed by atoms with Crippen molar-refractivity contribution in [3.05, 3.63) is 64.9 Å². The lowest BCUT2D eigenvalue weighted by Crippen LogP contribution is -2.48. The van der Waals surface area contributed by atoms with Crippen LogP contribution in [0.5, 0.6) is 0 Å². The number of benzene rings is 2. The second kappa shape index (κ2) is 11.6. The monoisotopic (exact) mass is 516 g/mol. The second-order valence-electron chi connectivity index (χ2n) is 9.15. The normalized spacial score (nSPS) is 15.7. The molecule has 1 aliphatic rings. The summed E-state index contributed by atoms with van der Waals surface area (Å²) >= 11 is 5.92. The predicted octanol–water partition coefficient (Wildman–Crippen LogP) is 3.29. The highest BCUT2D eigenvalue weighted by molar-refractivity contribution is 7.88. The maximum Gasteiger partial charge on any atom is 0.218 e. The first-order chi connectivity index (χ1) is 16.8. The largest absolute Gasteiger partial charge is 0.369 e. The van der Waals surface area contributed by atoms with E-state index < -0.39 is 10.0 Å². The average Bonchev–Trinajstić information content (AvgIpc) is 2.83. The van der Waals surface area contributed by atoms with Crippen LogP contribution < -0.4 is 5.32 Å². The molecule has 35 heavy (non-hydrogen) atoms. The summed E-state index contributed by atoms with van der Waals surface area (Å²) in [6.07, 6.45) is 1.02. The van der Waals surface area contributed by atoms with E-state index in [0.717, 1.165) is 47.6 Å². The Hall–Kier alpha value is -2.30. The van der Waals surface area contributed by atoms with Gasteiger partial charge in [-0.2, -0.15) is 4.31 Å². The molecule has 188 valence electrons. The second-order valence-corrected chi connectivity index (χ2v) is 11.6. The number of para-hydroxylation sites is 1. The van der Waals surface area contributed by atoms with Crippen molar-refractivity contribution in [1.29, 1.82) is 0 Å². The van der Waals surface area contributed by atoms with Gasteiger partial charge < -0.3 is 10.2 Å². The molecule has 1 aliphatic heterocycles. The van der Waals surface area contributed by atoms with Gasteiger partial charge in [-0.1, -0.05) is 35.9 Å². The molecule has 1 fully saturated rings. The fourth-order valence-corrected chi connectivity index (χ4v) is 5.82. The first-order valence-electron chi connectivity index (χ1n) is 11.9. The zero-order valence-corrected chi connectivity index (χ0v) is 21.9. The fourth-order valence-electron chi connectivity index (χ4n) is 4.18. The Morgan fingerprint density at radius 1 is 1.00 bits per heavy atom. The SMILES string of the molecule is CN(C)CCCNc1nc(CN2CCN(S(=O)(=O)Cc3ccc(Cl)cc3)CC2)nc2ccccc12. The van der Waals surface area contributed by atoms with Crippen LogP contribution in [0.15, 0.2) is 48.5 Å². The van der Waals surface area contributed by atoms with E-state index in [1.165, 1.54) is 0 Å². The third-order valence-electron chi connectivity index (χ3n) is 6.08. The van der Waals surface area contributed by atoms with Crippen LogP contribution in [0.3, 0.4) is 0 Å². The Kier molecular flexibility index (Phi) is 8.56. The third-order valence-corrected chi connectivity index (χ3v) is 8.18. The molecule has 0 unspecified atom stereocenters. The number of halogens is 1. The lowest BCUT2D eigenvalue weighted by atomic mass is 10.2. The van der Waals surface area contributed by atoms with Gasteiger partial charge in [0.1, 0.15) is 11.6 Å². The first-order valence-corrected chi connectivity index (χ1v) is 13.9. The number of nitrogens with one attached hydrogen (secondary N) is 1. The van der Waals surface area contributed by atoms with Crippen LogP contribution in [0.1, 0.15) is 17.8 Å². The Balaban J connectivity index is 1.38. The number of piperazine rings is 1. The lowest BCUT2D eigenvalue weighted by molar-refractivity contribution is 0.178. The van der Waals surface area contributed by atoms with E-state index in [1.54, 1.807) is 28.6 Å². The molecule has 0 saturated carbocycles. The topological polar surface area (TPSA) is 81.7 Å². The number of sulfonamides is 1. The summed E-state index contributed by atoms with van der Waals surface area (Å²) in [6, 6.07) is 15.0. The van der Waals surface area contributed by atoms with E-state index in [2.05, 4.69) is 29.2 Å². The molecule has 0 bridgehead atoms. The molecular weight excluding hydrogens is 484 g/mol. The summed E-state index contributed by atoms with van der Waals surface area (Å²) in [5.41, 5.74) is 1.66. The summed E-state index contributed by atoms with van der Waals surface area (Å²) in [5.74, 6) is 1.59. The predicted molar refractivity (Wildman–Crippen MR) is 142 cm³/mol. The van der Waals surface area contributed by atoms with Gasteiger partial charge in [0, 0.05) is 43.1 Å². The van der Waals surface area contributed by atoms with Gasteiger partial charge in [0.05, 0.1) is 17.8 Å². The van der Waals surface area contributed by atoms with E-state index in [1.807, 2.05) is 24.3 Å². The van der Waals surface area contributed by atoms with Crippen LogP contribution in [0.4, 0.5) is 5.82 Å². The molecule has 0 aliphatic carbocycles. The number of rotatable bonds is 10. The van der Waals surface area contributed by atoms with Gasteiger partial charge in [-0.3, -0.25) is 4.90 Å². The van der Waals surface area contributed by atoms with Crippen LogP contribution in [-0.4, -0.2) is 85.9 Å². The highest BCUT2D eigenvalue weighted by Gasteiger charge is 2.27. The smallest absolute Gasteiger partial charge is 0.218 e. The quantitative estimate of drug-likeness (QED) is 0.414. The van der Waals surface area contributed by atoms with E-state index in [9.17, 15) is 8.42 Å². The Labute approximate surface area is 213 Å². The number of anilines is 1. The maximum absolute atomic E-state index is 12.9. The third kappa shape index (κ3) is 7.11. The summed E-state index contributed by atoms with van der Waals surface area (Å²) < 4.78 is 27.4. The summed E-state index contributed by atoms with van der Waals surface area (Å²) in [6.45, 7) is 4.63. The molecule has 0 atom stereocenters. The molecule has 2 heterocycles. The van der Waals surface area contributed by atoms with Gasteiger partial charge in [0.15, 0.2) is 0 Å². The van der Waals surface area contributed by atoms with Gasteiger partial charge in [-0.15, -0.1) is 0 Å². The van der Waals surface area contributed by atoms with Crippen LogP contribution in [0.25, 0.3) is 10.9 Å². The van der Waals surface area contributed by atoms with Gasteiger partial charge in [0.2, 0.25) is 10.0 Å². The van der Waals surface area contributed by atoms with E-state index in [0.29, 0.717) is 37.7 Å². The van der Waals surface area contributed by atoms with Gasteiger partial charge in [-0.05, 0) is 56.9 Å². The molecule has 0 amide bonds. The standard InChI is InChI=1S/C25H33ClN6O2S/c1-30(2)13-5-12-27-25-22-6-3-4-7-23(22)28-24(29-25)18-31-14-16-32(17-15-31)35(33,34)19-20-8-10-21(26)11-9-20/h3-4,6-11H,5,12-19H2,1-2H3,(H,27,28,29). The van der Waals surface area contributed by atoms with Crippen molar-refractivity contribution in [3.63, 3.8) is 0 Å². The fraction of sp³-hybridized carbons (Fsp3) is 0.440. The number of nitrogens with zero attached hydrogens (tertiary/aromatic N) is 5. The molecule has 10 heteroatoms. The zero-order valence-electron chi connectivity index (χ0n) is 20.3. The molecule has 2 aromatic carbocycles. The highest BCUT2D eigenvalue weighted by atomic mass is 35.5. The van der Waals surface area contributed by atoms with Crippen molar-refractivity contribution >= 4 is 38.3 Å². The molecule has 0 spiro atoms. The van der Waals surface area contributed by atoms with Crippen LogP contribution in [0.2, 0.25) is 5.02 Å². The molecule has 8 nitrogen and oxygen atoms in total. The first kappa shape index (κ1) is 25.8. The van der Waals surface area contributed by atoms with Gasteiger partial charge in [0.25, 0.3) is 0 Å². The molecule has 1 saturated heterocycles. The Morgan fingerprint density at radius 3 is 2.43 bits per heavy atom. The average molecular weight is 517 g/mol. The molecule has 0 radical (unpaired) electrons. The van der Waals surface area contributed by atoms with Crippen molar-refractivity contribution in [3.8, 4) is 0 Å². The minimum absolute atomic E-state index is 0.0131. The van der Waals surface area contributed by atoms with E-state index >= 15 is 0 Å². The van der Waals surface area contributed by atoms with Crippen LogP contribution >= 0.6 is 11.6 Å². The molecule has 3 aromatic rings. The van der Waals surface area contributed by atoms with Crippen molar-refractivity contribution in [2.75, 3.05) is 58.7 Å². The minimum Gasteiger partial charge on any atom is -0.369 e. The summed E-state index contributed by atoms with van der Waals surface area (Å²) in [7, 11) is 0.759.